The molecule has 1 heteroatoms. The predicted molar refractivity (Wildman–Crippen MR) is 104 cm³/mol. The molecule has 0 radical (unpaired) electrons. The summed E-state index contributed by atoms with van der Waals surface area (Å²) in [6.45, 7) is 0. The second-order valence-corrected chi connectivity index (χ2v) is 11.7. The molecule has 0 saturated heterocycles. The van der Waals surface area contributed by atoms with Gasteiger partial charge in [0.1, 0.15) is 0 Å². The molecule has 0 aromatic carbocycles. The van der Waals surface area contributed by atoms with E-state index in [2.05, 4.69) is 18.3 Å². The Labute approximate surface area is 158 Å². The fourth-order valence-electron chi connectivity index (χ4n) is 9.76. The molecule has 0 N–H and O–H groups in total. The van der Waals surface area contributed by atoms with E-state index >= 15 is 0 Å². The van der Waals surface area contributed by atoms with Gasteiger partial charge in [-0.1, -0.05) is 0 Å². The van der Waals surface area contributed by atoms with E-state index in [4.69, 9.17) is 4.98 Å². The standard InChI is InChI=1S/C25H33N/c1-3-24(11-19-8-20(1)21(9-19)15-24)23-10-22(2-4-26-23)25-12-16-5-17(13-25)7-18(6-16)14-25/h2,4,10,16-21H,1,3,5-9,11-15H2. The van der Waals surface area contributed by atoms with Crippen LogP contribution in [-0.4, -0.2) is 4.98 Å². The summed E-state index contributed by atoms with van der Waals surface area (Å²) in [5.41, 5.74) is 4.21. The highest BCUT2D eigenvalue weighted by molar-refractivity contribution is 5.34. The van der Waals surface area contributed by atoms with E-state index in [9.17, 15) is 0 Å². The summed E-state index contributed by atoms with van der Waals surface area (Å²) in [7, 11) is 0. The first-order chi connectivity index (χ1) is 12.7. The predicted octanol–water partition coefficient (Wildman–Crippen LogP) is 6.02. The van der Waals surface area contributed by atoms with E-state index in [1.54, 1.807) is 37.7 Å². The quantitative estimate of drug-likeness (QED) is 0.637. The van der Waals surface area contributed by atoms with Crippen molar-refractivity contribution in [3.05, 3.63) is 29.6 Å². The van der Waals surface area contributed by atoms with Crippen molar-refractivity contribution in [2.75, 3.05) is 0 Å². The first-order valence-corrected chi connectivity index (χ1v) is 11.7. The van der Waals surface area contributed by atoms with Gasteiger partial charge in [0.2, 0.25) is 0 Å². The average Bonchev–Trinajstić information content (AvgIpc) is 2.84. The highest BCUT2D eigenvalue weighted by Crippen LogP contribution is 2.63. The van der Waals surface area contributed by atoms with Crippen LogP contribution in [0.4, 0.5) is 0 Å². The third-order valence-electron chi connectivity index (χ3n) is 10.2. The van der Waals surface area contributed by atoms with Crippen molar-refractivity contribution >= 4 is 0 Å². The molecule has 0 aliphatic heterocycles. The lowest BCUT2D eigenvalue weighted by Crippen LogP contribution is -2.48. The second kappa shape index (κ2) is 4.95. The minimum absolute atomic E-state index is 0.457. The van der Waals surface area contributed by atoms with E-state index < -0.39 is 0 Å². The Kier molecular flexibility index (Phi) is 2.88. The van der Waals surface area contributed by atoms with Gasteiger partial charge in [0.05, 0.1) is 0 Å². The van der Waals surface area contributed by atoms with Gasteiger partial charge in [-0.05, 0) is 136 Å². The fraction of sp³-hybridized carbons (Fsp3) is 0.800. The minimum atomic E-state index is 0.457. The molecule has 0 spiro atoms. The SMILES string of the molecule is c1cc(C23CC4CC(CC(C4)C2)C3)cc(C23CCC4CC(CC4C2)C3)n1. The molecule has 4 atom stereocenters. The van der Waals surface area contributed by atoms with Crippen molar-refractivity contribution in [1.29, 1.82) is 0 Å². The normalized spacial score (nSPS) is 53.4. The van der Waals surface area contributed by atoms with E-state index in [0.29, 0.717) is 10.8 Å². The molecule has 26 heavy (non-hydrogen) atoms. The minimum Gasteiger partial charge on any atom is -0.261 e. The Morgan fingerprint density at radius 3 is 2.15 bits per heavy atom. The topological polar surface area (TPSA) is 12.9 Å². The van der Waals surface area contributed by atoms with Gasteiger partial charge >= 0.3 is 0 Å². The summed E-state index contributed by atoms with van der Waals surface area (Å²) in [5, 5.41) is 0. The van der Waals surface area contributed by atoms with Gasteiger partial charge in [0.25, 0.3) is 0 Å². The smallest absolute Gasteiger partial charge is 0.0468 e. The summed E-state index contributed by atoms with van der Waals surface area (Å²) < 4.78 is 0. The van der Waals surface area contributed by atoms with Gasteiger partial charge in [0.15, 0.2) is 0 Å². The fourth-order valence-corrected chi connectivity index (χ4v) is 9.76. The van der Waals surface area contributed by atoms with E-state index in [-0.39, 0.29) is 0 Å². The second-order valence-electron chi connectivity index (χ2n) is 11.7. The van der Waals surface area contributed by atoms with E-state index in [1.165, 1.54) is 50.6 Å². The molecular weight excluding hydrogens is 314 g/mol. The molecule has 7 bridgehead atoms. The molecule has 1 aromatic rings. The molecule has 0 amide bonds. The maximum Gasteiger partial charge on any atom is 0.0468 e. The number of pyridine rings is 1. The highest BCUT2D eigenvalue weighted by atomic mass is 14.7. The average molecular weight is 348 g/mol. The molecule has 4 unspecified atom stereocenters. The van der Waals surface area contributed by atoms with Crippen molar-refractivity contribution in [2.24, 2.45) is 35.5 Å². The zero-order chi connectivity index (χ0) is 16.9. The molecule has 7 fully saturated rings. The maximum absolute atomic E-state index is 5.05. The first kappa shape index (κ1) is 15.1. The summed E-state index contributed by atoms with van der Waals surface area (Å²) in [6.07, 6.45) is 20.2. The van der Waals surface area contributed by atoms with Gasteiger partial charge in [-0.25, -0.2) is 0 Å². The molecule has 7 aliphatic carbocycles. The van der Waals surface area contributed by atoms with Crippen molar-refractivity contribution in [1.82, 2.24) is 4.98 Å². The van der Waals surface area contributed by atoms with Gasteiger partial charge in [-0.2, -0.15) is 0 Å². The van der Waals surface area contributed by atoms with Crippen molar-refractivity contribution in [3.63, 3.8) is 0 Å². The highest BCUT2D eigenvalue weighted by Gasteiger charge is 2.54. The van der Waals surface area contributed by atoms with Crippen LogP contribution in [0, 0.1) is 35.5 Å². The lowest BCUT2D eigenvalue weighted by atomic mass is 9.48. The molecule has 8 rings (SSSR count). The van der Waals surface area contributed by atoms with Gasteiger partial charge in [-0.3, -0.25) is 4.98 Å². The molecule has 138 valence electrons. The molecule has 1 nitrogen and oxygen atoms in total. The molecular formula is C25H33N. The Morgan fingerprint density at radius 2 is 1.38 bits per heavy atom. The number of hydrogen-bond donors (Lipinski definition) is 0. The van der Waals surface area contributed by atoms with Crippen molar-refractivity contribution in [2.45, 2.75) is 87.9 Å². The van der Waals surface area contributed by atoms with Crippen molar-refractivity contribution < 1.29 is 0 Å². The summed E-state index contributed by atoms with van der Waals surface area (Å²) in [5.74, 6) is 6.24. The molecule has 7 saturated carbocycles. The maximum atomic E-state index is 5.05. The van der Waals surface area contributed by atoms with Crippen LogP contribution >= 0.6 is 0 Å². The third kappa shape index (κ3) is 1.96. The Morgan fingerprint density at radius 1 is 0.731 bits per heavy atom. The van der Waals surface area contributed by atoms with Crippen LogP contribution in [0.3, 0.4) is 0 Å². The van der Waals surface area contributed by atoms with Crippen LogP contribution in [0.1, 0.15) is 88.3 Å². The number of fused-ring (bicyclic) bond motifs is 2. The number of rotatable bonds is 2. The number of hydrogen-bond acceptors (Lipinski definition) is 1. The molecule has 7 aliphatic rings. The lowest BCUT2D eigenvalue weighted by Gasteiger charge is -2.57. The van der Waals surface area contributed by atoms with E-state index in [0.717, 1.165) is 35.5 Å². The molecule has 1 aromatic heterocycles. The van der Waals surface area contributed by atoms with E-state index in [1.807, 2.05) is 0 Å². The number of aromatic nitrogens is 1. The zero-order valence-electron chi connectivity index (χ0n) is 16.1. The summed E-state index contributed by atoms with van der Waals surface area (Å²) in [4.78, 5) is 5.05. The number of nitrogens with zero attached hydrogens (tertiary/aromatic N) is 1. The van der Waals surface area contributed by atoms with Crippen LogP contribution in [-0.2, 0) is 10.8 Å². The monoisotopic (exact) mass is 347 g/mol. The van der Waals surface area contributed by atoms with Crippen molar-refractivity contribution in [3.8, 4) is 0 Å². The summed E-state index contributed by atoms with van der Waals surface area (Å²) in [6, 6.07) is 5.08. The van der Waals surface area contributed by atoms with Crippen LogP contribution in [0.15, 0.2) is 18.3 Å². The van der Waals surface area contributed by atoms with Gasteiger partial charge < -0.3 is 0 Å². The first-order valence-electron chi connectivity index (χ1n) is 11.7. The van der Waals surface area contributed by atoms with Gasteiger partial charge in [0, 0.05) is 17.3 Å². The van der Waals surface area contributed by atoms with Crippen LogP contribution < -0.4 is 0 Å². The summed E-state index contributed by atoms with van der Waals surface area (Å²) >= 11 is 0. The Balaban J connectivity index is 1.28. The van der Waals surface area contributed by atoms with Crippen LogP contribution in [0.25, 0.3) is 0 Å². The van der Waals surface area contributed by atoms with Gasteiger partial charge in [-0.15, -0.1) is 0 Å². The van der Waals surface area contributed by atoms with Crippen LogP contribution in [0.5, 0.6) is 0 Å². The Bertz CT molecular complexity index is 694. The lowest BCUT2D eigenvalue weighted by molar-refractivity contribution is -0.00536. The molecule has 1 heterocycles. The largest absolute Gasteiger partial charge is 0.261 e. The Hall–Kier alpha value is -0.850. The zero-order valence-corrected chi connectivity index (χ0v) is 16.1. The third-order valence-corrected chi connectivity index (χ3v) is 10.2. The van der Waals surface area contributed by atoms with Crippen LogP contribution in [0.2, 0.25) is 0 Å².